The van der Waals surface area contributed by atoms with E-state index in [0.717, 1.165) is 32.5 Å². The Balaban J connectivity index is 1.90. The lowest BCUT2D eigenvalue weighted by Crippen LogP contribution is -2.31. The summed E-state index contributed by atoms with van der Waals surface area (Å²) in [7, 11) is 0. The number of carbonyl (C=O) groups excluding carboxylic acids is 1. The standard InChI is InChI=1S/C15H19NO2/c16-15(17)10-5-6-14-12(7-10)9-18-8-11-3-1-2-4-13(11)14/h1-4,10-12H,5-9H2,(H2,16,17). The van der Waals surface area contributed by atoms with Gasteiger partial charge in [0, 0.05) is 17.8 Å². The van der Waals surface area contributed by atoms with Crippen molar-refractivity contribution in [1.29, 1.82) is 0 Å². The number of allylic oxidation sites excluding steroid dienone is 3. The number of rotatable bonds is 1. The van der Waals surface area contributed by atoms with Crippen molar-refractivity contribution >= 4 is 5.91 Å². The topological polar surface area (TPSA) is 52.3 Å². The van der Waals surface area contributed by atoms with Crippen LogP contribution in [-0.4, -0.2) is 19.1 Å². The van der Waals surface area contributed by atoms with E-state index in [1.807, 2.05) is 0 Å². The quantitative estimate of drug-likeness (QED) is 0.767. The van der Waals surface area contributed by atoms with Crippen LogP contribution in [0.1, 0.15) is 19.3 Å². The summed E-state index contributed by atoms with van der Waals surface area (Å²) in [5.41, 5.74) is 8.35. The monoisotopic (exact) mass is 245 g/mol. The molecule has 0 bridgehead atoms. The van der Waals surface area contributed by atoms with Gasteiger partial charge in [-0.05, 0) is 24.8 Å². The van der Waals surface area contributed by atoms with Crippen LogP contribution in [0.3, 0.4) is 0 Å². The summed E-state index contributed by atoms with van der Waals surface area (Å²) < 4.78 is 5.78. The van der Waals surface area contributed by atoms with Crippen molar-refractivity contribution in [3.8, 4) is 0 Å². The Hall–Kier alpha value is -1.35. The number of fused-ring (bicyclic) bond motifs is 2. The number of carbonyl (C=O) groups is 1. The predicted molar refractivity (Wildman–Crippen MR) is 69.6 cm³/mol. The lowest BCUT2D eigenvalue weighted by Gasteiger charge is -2.30. The Kier molecular flexibility index (Phi) is 3.08. The summed E-state index contributed by atoms with van der Waals surface area (Å²) in [5.74, 6) is 0.661. The van der Waals surface area contributed by atoms with Crippen molar-refractivity contribution in [2.24, 2.45) is 23.5 Å². The molecule has 0 aromatic heterocycles. The predicted octanol–water partition coefficient (Wildman–Crippen LogP) is 1.96. The molecule has 2 aliphatic carbocycles. The second-order valence-corrected chi connectivity index (χ2v) is 5.44. The zero-order chi connectivity index (χ0) is 12.5. The summed E-state index contributed by atoms with van der Waals surface area (Å²) in [6.45, 7) is 1.50. The van der Waals surface area contributed by atoms with Gasteiger partial charge in [0.2, 0.25) is 5.91 Å². The van der Waals surface area contributed by atoms with E-state index in [2.05, 4.69) is 24.3 Å². The SMILES string of the molecule is NC(=O)C1CCC2=C3C=CC=CC3COCC2C1. The highest BCUT2D eigenvalue weighted by Crippen LogP contribution is 2.40. The highest BCUT2D eigenvalue weighted by atomic mass is 16.5. The summed E-state index contributed by atoms with van der Waals surface area (Å²) in [6.07, 6.45) is 11.4. The zero-order valence-corrected chi connectivity index (χ0v) is 10.5. The highest BCUT2D eigenvalue weighted by Gasteiger charge is 2.33. The first-order chi connectivity index (χ1) is 8.75. The molecule has 1 saturated carbocycles. The van der Waals surface area contributed by atoms with Crippen LogP contribution in [0, 0.1) is 17.8 Å². The molecular formula is C15H19NO2. The maximum Gasteiger partial charge on any atom is 0.220 e. The maximum absolute atomic E-state index is 11.3. The lowest BCUT2D eigenvalue weighted by atomic mass is 9.74. The van der Waals surface area contributed by atoms with Crippen molar-refractivity contribution in [3.63, 3.8) is 0 Å². The summed E-state index contributed by atoms with van der Waals surface area (Å²) in [6, 6.07) is 0. The molecular weight excluding hydrogens is 226 g/mol. The number of amides is 1. The molecule has 96 valence electrons. The second-order valence-electron chi connectivity index (χ2n) is 5.44. The molecule has 3 atom stereocenters. The van der Waals surface area contributed by atoms with Gasteiger partial charge in [-0.2, -0.15) is 0 Å². The Morgan fingerprint density at radius 3 is 3.06 bits per heavy atom. The van der Waals surface area contributed by atoms with Gasteiger partial charge < -0.3 is 10.5 Å². The van der Waals surface area contributed by atoms with Crippen molar-refractivity contribution in [3.05, 3.63) is 35.5 Å². The van der Waals surface area contributed by atoms with Crippen molar-refractivity contribution in [2.75, 3.05) is 13.2 Å². The fourth-order valence-electron chi connectivity index (χ4n) is 3.36. The summed E-state index contributed by atoms with van der Waals surface area (Å²) in [4.78, 5) is 11.3. The van der Waals surface area contributed by atoms with Gasteiger partial charge in [-0.15, -0.1) is 0 Å². The van der Waals surface area contributed by atoms with Crippen LogP contribution in [-0.2, 0) is 9.53 Å². The average molecular weight is 245 g/mol. The molecule has 3 nitrogen and oxygen atoms in total. The molecule has 0 aromatic rings. The number of hydrogen-bond acceptors (Lipinski definition) is 2. The molecule has 1 amide bonds. The van der Waals surface area contributed by atoms with Gasteiger partial charge in [0.1, 0.15) is 0 Å². The summed E-state index contributed by atoms with van der Waals surface area (Å²) in [5, 5.41) is 0. The fourth-order valence-corrected chi connectivity index (χ4v) is 3.36. The van der Waals surface area contributed by atoms with Crippen LogP contribution < -0.4 is 5.73 Å². The Bertz CT molecular complexity index is 447. The number of primary amides is 1. The third-order valence-corrected chi connectivity index (χ3v) is 4.34. The van der Waals surface area contributed by atoms with Gasteiger partial charge in [0.15, 0.2) is 0 Å². The lowest BCUT2D eigenvalue weighted by molar-refractivity contribution is -0.123. The Labute approximate surface area is 107 Å². The van der Waals surface area contributed by atoms with Crippen LogP contribution in [0.15, 0.2) is 35.5 Å². The van der Waals surface area contributed by atoms with E-state index in [1.165, 1.54) is 11.1 Å². The third-order valence-electron chi connectivity index (χ3n) is 4.34. The Morgan fingerprint density at radius 2 is 2.22 bits per heavy atom. The number of nitrogens with two attached hydrogens (primary N) is 1. The van der Waals surface area contributed by atoms with Crippen LogP contribution in [0.25, 0.3) is 0 Å². The maximum atomic E-state index is 11.3. The van der Waals surface area contributed by atoms with E-state index in [0.29, 0.717) is 11.8 Å². The molecule has 1 fully saturated rings. The van der Waals surface area contributed by atoms with Gasteiger partial charge in [0.25, 0.3) is 0 Å². The number of ether oxygens (including phenoxy) is 1. The van der Waals surface area contributed by atoms with E-state index < -0.39 is 0 Å². The van der Waals surface area contributed by atoms with E-state index in [-0.39, 0.29) is 11.8 Å². The van der Waals surface area contributed by atoms with Crippen LogP contribution in [0.4, 0.5) is 0 Å². The van der Waals surface area contributed by atoms with Gasteiger partial charge in [0.05, 0.1) is 13.2 Å². The van der Waals surface area contributed by atoms with Gasteiger partial charge >= 0.3 is 0 Å². The molecule has 0 aromatic carbocycles. The van der Waals surface area contributed by atoms with Gasteiger partial charge in [-0.3, -0.25) is 4.79 Å². The first-order valence-corrected chi connectivity index (χ1v) is 6.70. The highest BCUT2D eigenvalue weighted by molar-refractivity contribution is 5.77. The largest absolute Gasteiger partial charge is 0.380 e. The van der Waals surface area contributed by atoms with E-state index in [1.54, 1.807) is 0 Å². The first-order valence-electron chi connectivity index (χ1n) is 6.70. The molecule has 18 heavy (non-hydrogen) atoms. The van der Waals surface area contributed by atoms with Gasteiger partial charge in [-0.25, -0.2) is 0 Å². The molecule has 1 aliphatic heterocycles. The molecule has 1 heterocycles. The van der Waals surface area contributed by atoms with Crippen molar-refractivity contribution in [2.45, 2.75) is 19.3 Å². The van der Waals surface area contributed by atoms with Gasteiger partial charge in [-0.1, -0.05) is 29.9 Å². The first kappa shape index (κ1) is 11.7. The second kappa shape index (κ2) is 4.73. The van der Waals surface area contributed by atoms with Crippen LogP contribution in [0.5, 0.6) is 0 Å². The molecule has 3 aliphatic rings. The minimum Gasteiger partial charge on any atom is -0.380 e. The summed E-state index contributed by atoms with van der Waals surface area (Å²) >= 11 is 0. The molecule has 0 saturated heterocycles. The minimum absolute atomic E-state index is 0.0302. The van der Waals surface area contributed by atoms with Crippen molar-refractivity contribution < 1.29 is 9.53 Å². The smallest absolute Gasteiger partial charge is 0.220 e. The normalized spacial score (nSPS) is 34.8. The zero-order valence-electron chi connectivity index (χ0n) is 10.5. The van der Waals surface area contributed by atoms with Crippen LogP contribution in [0.2, 0.25) is 0 Å². The van der Waals surface area contributed by atoms with Crippen LogP contribution >= 0.6 is 0 Å². The van der Waals surface area contributed by atoms with E-state index in [9.17, 15) is 4.79 Å². The molecule has 3 unspecified atom stereocenters. The average Bonchev–Trinajstić information content (AvgIpc) is 2.57. The Morgan fingerprint density at radius 1 is 1.33 bits per heavy atom. The molecule has 2 N–H and O–H groups in total. The van der Waals surface area contributed by atoms with Crippen molar-refractivity contribution in [1.82, 2.24) is 0 Å². The molecule has 0 radical (unpaired) electrons. The molecule has 3 rings (SSSR count). The van der Waals surface area contributed by atoms with E-state index >= 15 is 0 Å². The third kappa shape index (κ3) is 2.03. The molecule has 0 spiro atoms. The van der Waals surface area contributed by atoms with E-state index in [4.69, 9.17) is 10.5 Å². The molecule has 3 heteroatoms. The minimum atomic E-state index is -0.154. The number of hydrogen-bond donors (Lipinski definition) is 1. The fraction of sp³-hybridized carbons (Fsp3) is 0.533.